The number of H-pyrrole nitrogens is 1. The smallest absolute Gasteiger partial charge is 0.253 e. The zero-order valence-corrected chi connectivity index (χ0v) is 10.7. The second-order valence-corrected chi connectivity index (χ2v) is 4.02. The average molecular weight is 256 g/mol. The van der Waals surface area contributed by atoms with Gasteiger partial charge in [-0.2, -0.15) is 0 Å². The third-order valence-electron chi connectivity index (χ3n) is 2.83. The van der Waals surface area contributed by atoms with E-state index >= 15 is 0 Å². The molecule has 0 atom stereocenters. The summed E-state index contributed by atoms with van der Waals surface area (Å²) in [5.74, 6) is -0.00168. The van der Waals surface area contributed by atoms with Gasteiger partial charge in [0.1, 0.15) is 0 Å². The van der Waals surface area contributed by atoms with E-state index < -0.39 is 0 Å². The molecule has 3 N–H and O–H groups in total. The van der Waals surface area contributed by atoms with E-state index in [1.165, 1.54) is 5.57 Å². The van der Waals surface area contributed by atoms with E-state index in [0.29, 0.717) is 6.54 Å². The Labute approximate surface area is 107 Å². The third kappa shape index (κ3) is 3.61. The summed E-state index contributed by atoms with van der Waals surface area (Å²) in [5.41, 5.74) is 2.95. The summed E-state index contributed by atoms with van der Waals surface area (Å²) in [6.45, 7) is 4.48. The van der Waals surface area contributed by atoms with Crippen molar-refractivity contribution in [3.8, 4) is 0 Å². The molecule has 0 spiro atoms. The van der Waals surface area contributed by atoms with Crippen LogP contribution in [-0.2, 0) is 0 Å². The first-order valence-corrected chi connectivity index (χ1v) is 5.58. The molecule has 0 aliphatic carbocycles. The number of aromatic nitrogens is 1. The van der Waals surface area contributed by atoms with Crippen molar-refractivity contribution < 1.29 is 4.79 Å². The minimum absolute atomic E-state index is 0. The van der Waals surface area contributed by atoms with Gasteiger partial charge in [0.2, 0.25) is 0 Å². The average Bonchev–Trinajstić information content (AvgIpc) is 2.74. The number of nitrogens with one attached hydrogen (secondary N) is 3. The Bertz CT molecular complexity index is 412. The van der Waals surface area contributed by atoms with E-state index in [2.05, 4.69) is 21.7 Å². The molecule has 1 aromatic heterocycles. The van der Waals surface area contributed by atoms with Crippen LogP contribution in [0.1, 0.15) is 22.5 Å². The van der Waals surface area contributed by atoms with Crippen molar-refractivity contribution in [2.75, 3.05) is 19.6 Å². The number of hydrogen-bond acceptors (Lipinski definition) is 2. The molecule has 0 bridgehead atoms. The number of aromatic amines is 1. The standard InChI is InChI=1S/C12H17N3O.ClH/c1-9-11(4-7-14-9)12(16)15-8-10-2-5-13-6-3-10;/h2,4,7,13-14H,3,5-6,8H2,1H3,(H,15,16);1H. The first-order chi connectivity index (χ1) is 7.77. The van der Waals surface area contributed by atoms with Crippen molar-refractivity contribution in [2.45, 2.75) is 13.3 Å². The summed E-state index contributed by atoms with van der Waals surface area (Å²) in [4.78, 5) is 14.8. The van der Waals surface area contributed by atoms with Gasteiger partial charge >= 0.3 is 0 Å². The van der Waals surface area contributed by atoms with Gasteiger partial charge in [0.15, 0.2) is 0 Å². The van der Waals surface area contributed by atoms with Crippen LogP contribution in [0.15, 0.2) is 23.9 Å². The fourth-order valence-corrected chi connectivity index (χ4v) is 1.82. The number of carbonyl (C=O) groups excluding carboxylic acids is 1. The second-order valence-electron chi connectivity index (χ2n) is 4.02. The highest BCUT2D eigenvalue weighted by Crippen LogP contribution is 2.06. The van der Waals surface area contributed by atoms with E-state index in [1.807, 2.05) is 13.0 Å². The van der Waals surface area contributed by atoms with Crippen molar-refractivity contribution in [1.82, 2.24) is 15.6 Å². The molecule has 1 aliphatic rings. The highest BCUT2D eigenvalue weighted by Gasteiger charge is 2.10. The molecule has 0 radical (unpaired) electrons. The van der Waals surface area contributed by atoms with E-state index in [-0.39, 0.29) is 18.3 Å². The fourth-order valence-electron chi connectivity index (χ4n) is 1.82. The molecule has 0 saturated carbocycles. The van der Waals surface area contributed by atoms with Crippen LogP contribution in [-0.4, -0.2) is 30.5 Å². The number of halogens is 1. The van der Waals surface area contributed by atoms with Gasteiger partial charge in [-0.05, 0) is 26.0 Å². The van der Waals surface area contributed by atoms with Crippen LogP contribution < -0.4 is 10.6 Å². The van der Waals surface area contributed by atoms with Crippen molar-refractivity contribution >= 4 is 18.3 Å². The lowest BCUT2D eigenvalue weighted by Crippen LogP contribution is -2.29. The third-order valence-corrected chi connectivity index (χ3v) is 2.83. The van der Waals surface area contributed by atoms with E-state index in [4.69, 9.17) is 0 Å². The maximum atomic E-state index is 11.8. The number of hydrogen-bond donors (Lipinski definition) is 3. The van der Waals surface area contributed by atoms with Crippen LogP contribution >= 0.6 is 12.4 Å². The Morgan fingerprint density at radius 3 is 2.94 bits per heavy atom. The zero-order chi connectivity index (χ0) is 11.4. The Morgan fingerprint density at radius 2 is 2.35 bits per heavy atom. The van der Waals surface area contributed by atoms with Crippen LogP contribution in [0.2, 0.25) is 0 Å². The molecule has 94 valence electrons. The molecule has 1 aromatic rings. The van der Waals surface area contributed by atoms with Crippen molar-refractivity contribution in [3.05, 3.63) is 35.2 Å². The Hall–Kier alpha value is -1.26. The molecule has 0 aromatic carbocycles. The molecule has 17 heavy (non-hydrogen) atoms. The topological polar surface area (TPSA) is 56.9 Å². The molecule has 5 heteroatoms. The van der Waals surface area contributed by atoms with Gasteiger partial charge in [-0.25, -0.2) is 0 Å². The van der Waals surface area contributed by atoms with Gasteiger partial charge in [-0.1, -0.05) is 11.6 Å². The highest BCUT2D eigenvalue weighted by atomic mass is 35.5. The Morgan fingerprint density at radius 1 is 1.53 bits per heavy atom. The molecule has 0 saturated heterocycles. The van der Waals surface area contributed by atoms with Gasteiger partial charge < -0.3 is 15.6 Å². The first kappa shape index (κ1) is 13.8. The van der Waals surface area contributed by atoms with Crippen molar-refractivity contribution in [2.24, 2.45) is 0 Å². The van der Waals surface area contributed by atoms with Gasteiger partial charge in [0, 0.05) is 25.0 Å². The number of aryl methyl sites for hydroxylation is 1. The number of carbonyl (C=O) groups is 1. The van der Waals surface area contributed by atoms with Crippen molar-refractivity contribution in [3.63, 3.8) is 0 Å². The Balaban J connectivity index is 0.00000144. The van der Waals surface area contributed by atoms with Gasteiger partial charge in [-0.15, -0.1) is 12.4 Å². The predicted molar refractivity (Wildman–Crippen MR) is 70.7 cm³/mol. The molecule has 1 amide bonds. The maximum absolute atomic E-state index is 11.8. The van der Waals surface area contributed by atoms with Gasteiger partial charge in [-0.3, -0.25) is 4.79 Å². The second kappa shape index (κ2) is 6.47. The molecule has 0 unspecified atom stereocenters. The molecular formula is C12H18ClN3O. The van der Waals surface area contributed by atoms with Crippen molar-refractivity contribution in [1.29, 1.82) is 0 Å². The normalized spacial score (nSPS) is 14.8. The van der Waals surface area contributed by atoms with E-state index in [1.54, 1.807) is 6.20 Å². The molecule has 2 heterocycles. The molecule has 2 rings (SSSR count). The monoisotopic (exact) mass is 255 g/mol. The summed E-state index contributed by atoms with van der Waals surface area (Å²) >= 11 is 0. The SMILES string of the molecule is Cc1[nH]ccc1C(=O)NCC1=CCNCC1.Cl. The lowest BCUT2D eigenvalue weighted by Gasteiger charge is -2.14. The summed E-state index contributed by atoms with van der Waals surface area (Å²) in [7, 11) is 0. The zero-order valence-electron chi connectivity index (χ0n) is 9.88. The lowest BCUT2D eigenvalue weighted by molar-refractivity contribution is 0.0956. The number of amides is 1. The Kier molecular flexibility index (Phi) is 5.25. The minimum atomic E-state index is -0.00168. The van der Waals surface area contributed by atoms with E-state index in [0.717, 1.165) is 30.8 Å². The van der Waals surface area contributed by atoms with Gasteiger partial charge in [0.05, 0.1) is 5.56 Å². The molecule has 4 nitrogen and oxygen atoms in total. The highest BCUT2D eigenvalue weighted by molar-refractivity contribution is 5.95. The van der Waals surface area contributed by atoms with E-state index in [9.17, 15) is 4.79 Å². The summed E-state index contributed by atoms with van der Waals surface area (Å²) < 4.78 is 0. The first-order valence-electron chi connectivity index (χ1n) is 5.58. The van der Waals surface area contributed by atoms with Crippen LogP contribution in [0.4, 0.5) is 0 Å². The predicted octanol–water partition coefficient (Wildman–Crippen LogP) is 1.39. The van der Waals surface area contributed by atoms with Gasteiger partial charge in [0.25, 0.3) is 5.91 Å². The van der Waals surface area contributed by atoms with Crippen LogP contribution in [0.3, 0.4) is 0 Å². The largest absolute Gasteiger partial charge is 0.365 e. The summed E-state index contributed by atoms with van der Waals surface area (Å²) in [6.07, 6.45) is 4.95. The minimum Gasteiger partial charge on any atom is -0.365 e. The quantitative estimate of drug-likeness (QED) is 0.715. The fraction of sp³-hybridized carbons (Fsp3) is 0.417. The summed E-state index contributed by atoms with van der Waals surface area (Å²) in [6, 6.07) is 1.81. The molecule has 0 fully saturated rings. The van der Waals surface area contributed by atoms with Crippen LogP contribution in [0, 0.1) is 6.92 Å². The lowest BCUT2D eigenvalue weighted by atomic mass is 10.1. The molecule has 1 aliphatic heterocycles. The maximum Gasteiger partial charge on any atom is 0.253 e. The molecular weight excluding hydrogens is 238 g/mol. The number of rotatable bonds is 3. The van der Waals surface area contributed by atoms with Crippen LogP contribution in [0.5, 0.6) is 0 Å². The summed E-state index contributed by atoms with van der Waals surface area (Å²) in [5, 5.41) is 6.19. The van der Waals surface area contributed by atoms with Crippen LogP contribution in [0.25, 0.3) is 0 Å².